The van der Waals surface area contributed by atoms with Crippen molar-refractivity contribution in [2.45, 2.75) is 43.7 Å². The zero-order chi connectivity index (χ0) is 23.1. The Labute approximate surface area is 192 Å². The molecule has 32 heavy (non-hydrogen) atoms. The molecule has 2 heterocycles. The zero-order valence-corrected chi connectivity index (χ0v) is 18.6. The number of ether oxygens (including phenoxy) is 1. The second-order valence-electron chi connectivity index (χ2n) is 8.17. The Bertz CT molecular complexity index is 893. The van der Waals surface area contributed by atoms with Gasteiger partial charge in [-0.2, -0.15) is 0 Å². The van der Waals surface area contributed by atoms with Gasteiger partial charge in [0.1, 0.15) is 5.82 Å². The highest BCUT2D eigenvalue weighted by Crippen LogP contribution is 2.35. The number of hydrogen-bond donors (Lipinski definition) is 4. The summed E-state index contributed by atoms with van der Waals surface area (Å²) in [5, 5.41) is 12.5. The maximum Gasteiger partial charge on any atom is 0.241 e. The zero-order valence-electron chi connectivity index (χ0n) is 17.8. The molecule has 1 fully saturated rings. The molecule has 0 aliphatic carbocycles. The molecule has 1 aromatic heterocycles. The quantitative estimate of drug-likeness (QED) is 0.452. The highest BCUT2D eigenvalue weighted by Gasteiger charge is 2.34. The van der Waals surface area contributed by atoms with E-state index in [1.54, 1.807) is 12.1 Å². The molecule has 2 aromatic rings. The van der Waals surface area contributed by atoms with Crippen molar-refractivity contribution in [3.8, 4) is 0 Å². The summed E-state index contributed by atoms with van der Waals surface area (Å²) in [7, 11) is 0. The number of nitrogens with two attached hydrogens (primary N) is 2. The number of amides is 1. The molecular formula is C23H30ClFN4O3. The number of aromatic nitrogens is 1. The summed E-state index contributed by atoms with van der Waals surface area (Å²) in [6.45, 7) is 1.03. The van der Waals surface area contributed by atoms with Crippen LogP contribution in [0.5, 0.6) is 0 Å². The molecule has 1 aliphatic heterocycles. The lowest BCUT2D eigenvalue weighted by molar-refractivity contribution is -0.118. The number of anilines is 1. The molecule has 9 heteroatoms. The van der Waals surface area contributed by atoms with Gasteiger partial charge in [-0.1, -0.05) is 23.7 Å². The molecule has 0 spiro atoms. The van der Waals surface area contributed by atoms with Crippen LogP contribution in [0.15, 0.2) is 36.7 Å². The topological polar surface area (TPSA) is 123 Å². The average molecular weight is 465 g/mol. The van der Waals surface area contributed by atoms with Crippen LogP contribution in [-0.2, 0) is 16.0 Å². The number of nitrogens with zero attached hydrogens (tertiary/aromatic N) is 1. The first-order valence-corrected chi connectivity index (χ1v) is 11.2. The highest BCUT2D eigenvalue weighted by atomic mass is 35.5. The van der Waals surface area contributed by atoms with Gasteiger partial charge in [-0.05, 0) is 49.3 Å². The minimum absolute atomic E-state index is 0.165. The lowest BCUT2D eigenvalue weighted by Crippen LogP contribution is -2.44. The predicted molar refractivity (Wildman–Crippen MR) is 122 cm³/mol. The summed E-state index contributed by atoms with van der Waals surface area (Å²) >= 11 is 6.05. The van der Waals surface area contributed by atoms with E-state index in [0.717, 1.165) is 24.6 Å². The molecule has 1 amide bonds. The maximum absolute atomic E-state index is 14.4. The van der Waals surface area contributed by atoms with Crippen molar-refractivity contribution < 1.29 is 19.0 Å². The Morgan fingerprint density at radius 3 is 2.59 bits per heavy atom. The molecule has 1 aromatic carbocycles. The highest BCUT2D eigenvalue weighted by molar-refractivity contribution is 6.30. The monoisotopic (exact) mass is 464 g/mol. The molecule has 0 saturated carbocycles. The van der Waals surface area contributed by atoms with Gasteiger partial charge in [0.15, 0.2) is 0 Å². The first-order chi connectivity index (χ1) is 15.4. The number of aliphatic hydroxyl groups excluding tert-OH is 1. The fourth-order valence-corrected chi connectivity index (χ4v) is 4.28. The van der Waals surface area contributed by atoms with Crippen LogP contribution in [0.2, 0.25) is 5.02 Å². The number of rotatable bonds is 9. The molecule has 1 saturated heterocycles. The van der Waals surface area contributed by atoms with Gasteiger partial charge in [-0.25, -0.2) is 4.39 Å². The van der Waals surface area contributed by atoms with Crippen LogP contribution in [0.4, 0.5) is 10.1 Å². The van der Waals surface area contributed by atoms with E-state index in [1.807, 2.05) is 12.1 Å². The van der Waals surface area contributed by atoms with Gasteiger partial charge in [0.25, 0.3) is 0 Å². The molecule has 1 unspecified atom stereocenters. The first kappa shape index (κ1) is 24.5. The summed E-state index contributed by atoms with van der Waals surface area (Å²) in [4.78, 5) is 17.1. The predicted octanol–water partition coefficient (Wildman–Crippen LogP) is 2.60. The third-order valence-corrected chi connectivity index (χ3v) is 6.23. The van der Waals surface area contributed by atoms with Crippen molar-refractivity contribution in [2.24, 2.45) is 17.4 Å². The second kappa shape index (κ2) is 11.7. The van der Waals surface area contributed by atoms with Gasteiger partial charge in [0.2, 0.25) is 5.91 Å². The van der Waals surface area contributed by atoms with Gasteiger partial charge >= 0.3 is 0 Å². The molecule has 0 bridgehead atoms. The van der Waals surface area contributed by atoms with Crippen molar-refractivity contribution in [1.29, 1.82) is 0 Å². The molecule has 3 atom stereocenters. The van der Waals surface area contributed by atoms with Crippen LogP contribution < -0.4 is 16.8 Å². The molecule has 7 nitrogen and oxygen atoms in total. The van der Waals surface area contributed by atoms with E-state index in [2.05, 4.69) is 10.3 Å². The lowest BCUT2D eigenvalue weighted by Gasteiger charge is -2.34. The molecule has 174 valence electrons. The SMILES string of the molecule is N[C@H](CO)CCc1c(F)cncc1NC(=O)[C@@H](N)C(c1ccc(Cl)cc1)C1CCOCC1. The Kier molecular flexibility index (Phi) is 8.95. The number of carbonyl (C=O) groups is 1. The first-order valence-electron chi connectivity index (χ1n) is 10.8. The lowest BCUT2D eigenvalue weighted by atomic mass is 9.76. The van der Waals surface area contributed by atoms with Crippen molar-refractivity contribution in [2.75, 3.05) is 25.1 Å². The van der Waals surface area contributed by atoms with Crippen LogP contribution in [0.25, 0.3) is 0 Å². The maximum atomic E-state index is 14.4. The Balaban J connectivity index is 1.82. The Morgan fingerprint density at radius 2 is 1.94 bits per heavy atom. The summed E-state index contributed by atoms with van der Waals surface area (Å²) in [5.74, 6) is -1.04. The number of nitrogens with one attached hydrogen (secondary N) is 1. The van der Waals surface area contributed by atoms with Gasteiger partial charge in [0.05, 0.1) is 30.7 Å². The van der Waals surface area contributed by atoms with Crippen molar-refractivity contribution in [1.82, 2.24) is 4.98 Å². The number of aliphatic hydroxyl groups is 1. The average Bonchev–Trinajstić information content (AvgIpc) is 2.80. The Morgan fingerprint density at radius 1 is 1.25 bits per heavy atom. The standard InChI is InChI=1S/C23H30ClFN4O3/c24-16-3-1-14(2-4-16)21(15-7-9-32-10-8-15)22(27)23(31)29-20-12-28-11-19(25)18(20)6-5-17(26)13-30/h1-4,11-12,15,17,21-22,30H,5-10,13,26-27H2,(H,29,31)/t17-,21?,22-/m0/s1. The van der Waals surface area contributed by atoms with Crippen molar-refractivity contribution in [3.63, 3.8) is 0 Å². The van der Waals surface area contributed by atoms with Crippen LogP contribution >= 0.6 is 11.6 Å². The van der Waals surface area contributed by atoms with E-state index in [0.29, 0.717) is 30.2 Å². The smallest absolute Gasteiger partial charge is 0.241 e. The number of halogens is 2. The van der Waals surface area contributed by atoms with E-state index in [9.17, 15) is 9.18 Å². The summed E-state index contributed by atoms with van der Waals surface area (Å²) < 4.78 is 19.9. The van der Waals surface area contributed by atoms with Crippen LogP contribution in [-0.4, -0.2) is 47.9 Å². The minimum Gasteiger partial charge on any atom is -0.395 e. The fraction of sp³-hybridized carbons (Fsp3) is 0.478. The number of pyridine rings is 1. The van der Waals surface area contributed by atoms with E-state index in [4.69, 9.17) is 32.9 Å². The van der Waals surface area contributed by atoms with Crippen LogP contribution in [0.1, 0.15) is 36.3 Å². The molecule has 3 rings (SSSR count). The van der Waals surface area contributed by atoms with E-state index >= 15 is 0 Å². The fourth-order valence-electron chi connectivity index (χ4n) is 4.16. The van der Waals surface area contributed by atoms with Gasteiger partial charge < -0.3 is 26.6 Å². The summed E-state index contributed by atoms with van der Waals surface area (Å²) in [6.07, 6.45) is 4.69. The van der Waals surface area contributed by atoms with Crippen molar-refractivity contribution >= 4 is 23.2 Å². The Hall–Kier alpha value is -2.10. The normalized spacial score (nSPS) is 17.5. The van der Waals surface area contributed by atoms with Gasteiger partial charge in [0, 0.05) is 35.8 Å². The molecular weight excluding hydrogens is 435 g/mol. The number of carbonyl (C=O) groups excluding carboxylic acids is 1. The van der Waals surface area contributed by atoms with E-state index in [1.165, 1.54) is 6.20 Å². The van der Waals surface area contributed by atoms with E-state index < -0.39 is 23.8 Å². The third kappa shape index (κ3) is 6.24. The van der Waals surface area contributed by atoms with Crippen molar-refractivity contribution in [3.05, 3.63) is 58.6 Å². The number of hydrogen-bond acceptors (Lipinski definition) is 6. The van der Waals surface area contributed by atoms with Crippen LogP contribution in [0.3, 0.4) is 0 Å². The molecule has 0 radical (unpaired) electrons. The second-order valence-corrected chi connectivity index (χ2v) is 8.61. The van der Waals surface area contributed by atoms with E-state index in [-0.39, 0.29) is 30.6 Å². The third-order valence-electron chi connectivity index (χ3n) is 5.98. The largest absolute Gasteiger partial charge is 0.395 e. The molecule has 6 N–H and O–H groups in total. The summed E-state index contributed by atoms with van der Waals surface area (Å²) in [6, 6.07) is 6.01. The van der Waals surface area contributed by atoms with Crippen LogP contribution in [0, 0.1) is 11.7 Å². The van der Waals surface area contributed by atoms with Gasteiger partial charge in [-0.15, -0.1) is 0 Å². The summed E-state index contributed by atoms with van der Waals surface area (Å²) in [5.41, 5.74) is 13.7. The number of benzene rings is 1. The van der Waals surface area contributed by atoms with Gasteiger partial charge in [-0.3, -0.25) is 9.78 Å². The minimum atomic E-state index is -0.866. The molecule has 1 aliphatic rings.